The van der Waals surface area contributed by atoms with Gasteiger partial charge in [0.05, 0.1) is 5.97 Å². The van der Waals surface area contributed by atoms with Crippen LogP contribution in [0.25, 0.3) is 0 Å². The zero-order valence-corrected chi connectivity index (χ0v) is 6.50. The number of halogens is 1. The third-order valence-corrected chi connectivity index (χ3v) is 0.387. The molecule has 0 atom stereocenters. The van der Waals surface area contributed by atoms with Gasteiger partial charge in [0.1, 0.15) is 0 Å². The molecule has 0 saturated carbocycles. The van der Waals surface area contributed by atoms with E-state index in [1.807, 2.05) is 0 Å². The van der Waals surface area contributed by atoms with Crippen molar-refractivity contribution < 1.29 is 22.3 Å². The first kappa shape index (κ1) is 24.4. The van der Waals surface area contributed by atoms with Crippen LogP contribution in [-0.2, 0) is 4.79 Å². The minimum atomic E-state index is -1.13. The number of rotatable bonds is 1. The Morgan fingerprint density at radius 3 is 1.62 bits per heavy atom. The van der Waals surface area contributed by atoms with Crippen molar-refractivity contribution in [3.63, 3.8) is 0 Å². The molecule has 8 heavy (non-hydrogen) atoms. The first-order chi connectivity index (χ1) is 2.27. The van der Waals surface area contributed by atoms with E-state index >= 15 is 0 Å². The third kappa shape index (κ3) is 37.0. The van der Waals surface area contributed by atoms with E-state index in [1.165, 1.54) is 0 Å². The molecule has 54 valence electrons. The van der Waals surface area contributed by atoms with Gasteiger partial charge in [0.15, 0.2) is 0 Å². The molecule has 0 aliphatic heterocycles. The van der Waals surface area contributed by atoms with Crippen LogP contribution in [0.5, 0.6) is 0 Å². The van der Waals surface area contributed by atoms with Gasteiger partial charge in [0.25, 0.3) is 0 Å². The predicted octanol–water partition coefficient (Wildman–Crippen LogP) is -3.58. The van der Waals surface area contributed by atoms with Gasteiger partial charge in [-0.25, -0.2) is 0 Å². The molecule has 0 fully saturated rings. The van der Waals surface area contributed by atoms with Crippen LogP contribution in [-0.4, -0.2) is 11.7 Å². The first-order valence-electron chi connectivity index (χ1n) is 1.08. The number of carboxylic acid groups (broad SMARTS) is 1. The van der Waals surface area contributed by atoms with Crippen LogP contribution >= 0.6 is 12.6 Å². The summed E-state index contributed by atoms with van der Waals surface area (Å²) < 4.78 is 0. The van der Waals surface area contributed by atoms with E-state index in [9.17, 15) is 9.90 Å². The number of carboxylic acids is 1. The van der Waals surface area contributed by atoms with E-state index in [1.54, 1.807) is 0 Å². The second-order valence-corrected chi connectivity index (χ2v) is 0.846. The molecule has 0 unspecified atom stereocenters. The largest absolute Gasteiger partial charge is 1.00 e. The van der Waals surface area contributed by atoms with Crippen LogP contribution in [0.4, 0.5) is 0 Å². The molecule has 0 aromatic carbocycles. The Morgan fingerprint density at radius 1 is 1.50 bits per heavy atom. The van der Waals surface area contributed by atoms with E-state index in [0.717, 1.165) is 0 Å². The van der Waals surface area contributed by atoms with Crippen molar-refractivity contribution in [1.82, 2.24) is 12.3 Å². The lowest BCUT2D eigenvalue weighted by Crippen LogP contribution is -3.00. The molecule has 0 bridgehead atoms. The Balaban J connectivity index is -0.0000000267. The Bertz CT molecular complexity index is 53.3. The second kappa shape index (κ2) is 15.7. The average molecular weight is 163 g/mol. The summed E-state index contributed by atoms with van der Waals surface area (Å²) in [5.41, 5.74) is 0. The first-order valence-corrected chi connectivity index (χ1v) is 1.71. The number of carbonyl (C=O) groups excluding carboxylic acids is 1. The topological polar surface area (TPSA) is 113 Å². The standard InChI is InChI=1S/C2H4O2S.ClH.2H3N/c3-2(4)1-5;;;/h5H,1H2,(H,3,4);1H;2*1H3. The summed E-state index contributed by atoms with van der Waals surface area (Å²) in [5, 5.41) is 9.18. The summed E-state index contributed by atoms with van der Waals surface area (Å²) in [6.07, 6.45) is 0. The van der Waals surface area contributed by atoms with Gasteiger partial charge in [-0.15, -0.1) is 0 Å². The van der Waals surface area contributed by atoms with Gasteiger partial charge in [-0.3, -0.25) is 0 Å². The van der Waals surface area contributed by atoms with E-state index < -0.39 is 5.97 Å². The lowest BCUT2D eigenvalue weighted by molar-refractivity contribution is -0.301. The minimum Gasteiger partial charge on any atom is -1.00 e. The van der Waals surface area contributed by atoms with E-state index in [2.05, 4.69) is 12.6 Å². The molecule has 0 aromatic rings. The Labute approximate surface area is 59.6 Å². The van der Waals surface area contributed by atoms with Gasteiger partial charge >= 0.3 is 0 Å². The van der Waals surface area contributed by atoms with Crippen LogP contribution in [0.2, 0.25) is 0 Å². The maximum absolute atomic E-state index is 9.18. The summed E-state index contributed by atoms with van der Waals surface area (Å²) in [7, 11) is 0. The summed E-state index contributed by atoms with van der Waals surface area (Å²) in [6, 6.07) is 0. The molecule has 0 aliphatic rings. The summed E-state index contributed by atoms with van der Waals surface area (Å²) in [6.45, 7) is 0. The van der Waals surface area contributed by atoms with Crippen molar-refractivity contribution in [2.45, 2.75) is 0 Å². The molecule has 4 nitrogen and oxygen atoms in total. The van der Waals surface area contributed by atoms with Crippen LogP contribution in [0.1, 0.15) is 0 Å². The molecular formula is C2H11ClN2O2S. The van der Waals surface area contributed by atoms with E-state index in [0.29, 0.717) is 0 Å². The van der Waals surface area contributed by atoms with E-state index in [4.69, 9.17) is 0 Å². The fourth-order valence-corrected chi connectivity index (χ4v) is 0. The monoisotopic (exact) mass is 162 g/mol. The SMILES string of the molecule is O=C([O-])CS.[Cl-].[NH4+].[NH4+]. The van der Waals surface area contributed by atoms with Gasteiger partial charge in [-0.1, -0.05) is 0 Å². The van der Waals surface area contributed by atoms with Gasteiger partial charge < -0.3 is 34.6 Å². The molecule has 0 aromatic heterocycles. The highest BCUT2D eigenvalue weighted by Gasteiger charge is 1.66. The predicted molar refractivity (Wildman–Crippen MR) is 30.8 cm³/mol. The molecule has 0 spiro atoms. The molecule has 0 aliphatic carbocycles. The van der Waals surface area contributed by atoms with Crippen LogP contribution < -0.4 is 29.8 Å². The number of carbonyl (C=O) groups is 1. The van der Waals surface area contributed by atoms with Crippen molar-refractivity contribution in [3.05, 3.63) is 0 Å². The molecule has 8 N–H and O–H groups in total. The molecule has 0 amide bonds. The van der Waals surface area contributed by atoms with Crippen molar-refractivity contribution in [2.75, 3.05) is 5.75 Å². The number of aliphatic carboxylic acids is 1. The van der Waals surface area contributed by atoms with Crippen LogP contribution in [0.3, 0.4) is 0 Å². The van der Waals surface area contributed by atoms with Crippen molar-refractivity contribution in [2.24, 2.45) is 0 Å². The van der Waals surface area contributed by atoms with Gasteiger partial charge in [0, 0.05) is 5.75 Å². The van der Waals surface area contributed by atoms with Crippen LogP contribution in [0, 0.1) is 0 Å². The minimum absolute atomic E-state index is 0. The molecule has 0 saturated heterocycles. The summed E-state index contributed by atoms with van der Waals surface area (Å²) in [4.78, 5) is 9.18. The smallest absolute Gasteiger partial charge is 0.0510 e. The quantitative estimate of drug-likeness (QED) is 0.346. The number of thiol groups is 1. The third-order valence-electron chi connectivity index (χ3n) is 0.129. The normalized spacial score (nSPS) is 4.62. The summed E-state index contributed by atoms with van der Waals surface area (Å²) >= 11 is 3.35. The molecule has 6 heteroatoms. The maximum Gasteiger partial charge on any atom is 0.0510 e. The fraction of sp³-hybridized carbons (Fsp3) is 0.500. The highest BCUT2D eigenvalue weighted by Crippen LogP contribution is 1.62. The zero-order valence-electron chi connectivity index (χ0n) is 4.85. The highest BCUT2D eigenvalue weighted by molar-refractivity contribution is 7.81. The Hall–Kier alpha value is 0.0300. The fourth-order valence-electron chi connectivity index (χ4n) is 0. The number of hydrogen-bond donors (Lipinski definition) is 3. The van der Waals surface area contributed by atoms with Crippen molar-refractivity contribution >= 4 is 18.6 Å². The van der Waals surface area contributed by atoms with Gasteiger partial charge in [-0.05, 0) is 0 Å². The molecular weight excluding hydrogens is 152 g/mol. The number of quaternary nitrogens is 2. The van der Waals surface area contributed by atoms with E-state index in [-0.39, 0.29) is 30.5 Å². The summed E-state index contributed by atoms with van der Waals surface area (Å²) in [5.74, 6) is -1.33. The number of hydrogen-bond acceptors (Lipinski definition) is 3. The lowest BCUT2D eigenvalue weighted by Gasteiger charge is -1.86. The molecule has 0 heterocycles. The van der Waals surface area contributed by atoms with Gasteiger partial charge in [-0.2, -0.15) is 12.6 Å². The average Bonchev–Trinajstić information content (AvgIpc) is 1.38. The molecule has 0 radical (unpaired) electrons. The maximum atomic E-state index is 9.18. The van der Waals surface area contributed by atoms with Crippen molar-refractivity contribution in [3.8, 4) is 0 Å². The van der Waals surface area contributed by atoms with Gasteiger partial charge in [0.2, 0.25) is 0 Å². The Kier molecular flexibility index (Phi) is 48.1. The lowest BCUT2D eigenvalue weighted by atomic mass is 10.8. The molecule has 0 rings (SSSR count). The van der Waals surface area contributed by atoms with Crippen LogP contribution in [0.15, 0.2) is 0 Å². The Morgan fingerprint density at radius 2 is 1.62 bits per heavy atom. The zero-order chi connectivity index (χ0) is 4.28. The second-order valence-electron chi connectivity index (χ2n) is 0.530. The van der Waals surface area contributed by atoms with Crippen molar-refractivity contribution in [1.29, 1.82) is 0 Å². The highest BCUT2D eigenvalue weighted by atomic mass is 35.5.